The number of nitriles is 1. The van der Waals surface area contributed by atoms with Gasteiger partial charge in [0.05, 0.1) is 0 Å². The van der Waals surface area contributed by atoms with Gasteiger partial charge in [0.2, 0.25) is 0 Å². The Kier molecular flexibility index (Phi) is 8.17. The van der Waals surface area contributed by atoms with Crippen LogP contribution in [0.3, 0.4) is 0 Å². The van der Waals surface area contributed by atoms with Crippen LogP contribution in [-0.4, -0.2) is 37.0 Å². The number of nitrogens with zero attached hydrogens (tertiary/aromatic N) is 2. The van der Waals surface area contributed by atoms with E-state index in [0.29, 0.717) is 17.3 Å². The maximum Gasteiger partial charge on any atom is 0.267 e. The van der Waals surface area contributed by atoms with Gasteiger partial charge in [-0.1, -0.05) is 31.5 Å². The van der Waals surface area contributed by atoms with E-state index in [0.717, 1.165) is 25.2 Å². The van der Waals surface area contributed by atoms with E-state index < -0.39 is 5.91 Å². The number of nitrogens with one attached hydrogen (secondary N) is 2. The second-order valence-electron chi connectivity index (χ2n) is 5.06. The monoisotopic (exact) mass is 334 g/mol. The Hall–Kier alpha value is -2.03. The van der Waals surface area contributed by atoms with Crippen molar-refractivity contribution in [1.29, 1.82) is 5.26 Å². The van der Waals surface area contributed by atoms with Crippen molar-refractivity contribution >= 4 is 23.2 Å². The quantitative estimate of drug-likeness (QED) is 0.436. The lowest BCUT2D eigenvalue weighted by Crippen LogP contribution is -2.30. The summed E-state index contributed by atoms with van der Waals surface area (Å²) in [6.45, 7) is 9.54. The van der Waals surface area contributed by atoms with Crippen LogP contribution in [0, 0.1) is 18.3 Å². The number of likely N-dealkylation sites (N-methyl/N-ethyl adjacent to an activating group) is 1. The Balaban J connectivity index is 2.63. The molecule has 0 aliphatic heterocycles. The van der Waals surface area contributed by atoms with Gasteiger partial charge in [-0.3, -0.25) is 4.79 Å². The number of rotatable bonds is 8. The third-order valence-electron chi connectivity index (χ3n) is 3.53. The van der Waals surface area contributed by atoms with Gasteiger partial charge in [-0.15, -0.1) is 0 Å². The lowest BCUT2D eigenvalue weighted by atomic mass is 10.2. The Morgan fingerprint density at radius 1 is 1.39 bits per heavy atom. The Morgan fingerprint density at radius 2 is 2.09 bits per heavy atom. The number of carbonyl (C=O) groups excluding carboxylic acids is 1. The molecule has 0 heterocycles. The predicted molar refractivity (Wildman–Crippen MR) is 94.3 cm³/mol. The number of benzene rings is 1. The molecular formula is C17H23ClN4O. The van der Waals surface area contributed by atoms with Crippen LogP contribution in [0.4, 0.5) is 5.69 Å². The van der Waals surface area contributed by atoms with Crippen LogP contribution >= 0.6 is 11.6 Å². The molecule has 0 saturated carbocycles. The van der Waals surface area contributed by atoms with E-state index in [2.05, 4.69) is 29.4 Å². The normalized spacial score (nSPS) is 11.2. The van der Waals surface area contributed by atoms with Gasteiger partial charge < -0.3 is 15.5 Å². The van der Waals surface area contributed by atoms with Gasteiger partial charge in [0.1, 0.15) is 11.6 Å². The van der Waals surface area contributed by atoms with E-state index >= 15 is 0 Å². The van der Waals surface area contributed by atoms with Crippen LogP contribution in [0.15, 0.2) is 30.0 Å². The summed E-state index contributed by atoms with van der Waals surface area (Å²) >= 11 is 5.93. The van der Waals surface area contributed by atoms with Crippen molar-refractivity contribution in [1.82, 2.24) is 10.2 Å². The zero-order chi connectivity index (χ0) is 17.2. The second-order valence-corrected chi connectivity index (χ2v) is 5.50. The average molecular weight is 335 g/mol. The summed E-state index contributed by atoms with van der Waals surface area (Å²) in [4.78, 5) is 14.4. The summed E-state index contributed by atoms with van der Waals surface area (Å²) in [6, 6.07) is 7.14. The molecule has 0 aliphatic carbocycles. The molecule has 1 aromatic rings. The van der Waals surface area contributed by atoms with E-state index in [1.807, 2.05) is 19.1 Å². The Morgan fingerprint density at radius 3 is 2.70 bits per heavy atom. The van der Waals surface area contributed by atoms with Gasteiger partial charge in [0.25, 0.3) is 5.91 Å². The summed E-state index contributed by atoms with van der Waals surface area (Å²) in [6.07, 6.45) is 1.46. The SMILES string of the molecule is CCN(CC)CCN/C=C(/C#N)C(=O)Nc1cc(Cl)ccc1C. The molecular weight excluding hydrogens is 312 g/mol. The summed E-state index contributed by atoms with van der Waals surface area (Å²) in [5, 5.41) is 15.4. The highest BCUT2D eigenvalue weighted by molar-refractivity contribution is 6.31. The molecule has 1 amide bonds. The summed E-state index contributed by atoms with van der Waals surface area (Å²) in [5.74, 6) is -0.451. The van der Waals surface area contributed by atoms with Crippen molar-refractivity contribution in [2.45, 2.75) is 20.8 Å². The van der Waals surface area contributed by atoms with Gasteiger partial charge in [-0.05, 0) is 37.7 Å². The minimum atomic E-state index is -0.451. The van der Waals surface area contributed by atoms with Crippen LogP contribution in [0.1, 0.15) is 19.4 Å². The number of hydrogen-bond acceptors (Lipinski definition) is 4. The standard InChI is InChI=1S/C17H23ClN4O/c1-4-22(5-2)9-8-20-12-14(11-19)17(23)21-16-10-15(18)7-6-13(16)3/h6-7,10,12,20H,4-5,8-9H2,1-3H3,(H,21,23)/b14-12-. The molecule has 124 valence electrons. The molecule has 0 aliphatic rings. The third kappa shape index (κ3) is 6.31. The number of aryl methyl sites for hydroxylation is 1. The van der Waals surface area contributed by atoms with E-state index in [1.165, 1.54) is 6.20 Å². The average Bonchev–Trinajstić information content (AvgIpc) is 2.54. The minimum Gasteiger partial charge on any atom is -0.388 e. The van der Waals surface area contributed by atoms with Gasteiger partial charge in [-0.2, -0.15) is 5.26 Å². The third-order valence-corrected chi connectivity index (χ3v) is 3.76. The van der Waals surface area contributed by atoms with Crippen molar-refractivity contribution in [2.24, 2.45) is 0 Å². The molecule has 0 unspecified atom stereocenters. The number of hydrogen-bond donors (Lipinski definition) is 2. The van der Waals surface area contributed by atoms with Crippen molar-refractivity contribution in [2.75, 3.05) is 31.5 Å². The maximum absolute atomic E-state index is 12.2. The summed E-state index contributed by atoms with van der Waals surface area (Å²) in [5.41, 5.74) is 1.52. The first-order valence-corrected chi connectivity index (χ1v) is 8.03. The molecule has 0 spiro atoms. The number of halogens is 1. The topological polar surface area (TPSA) is 68.2 Å². The van der Waals surface area contributed by atoms with E-state index in [4.69, 9.17) is 16.9 Å². The molecule has 0 saturated heterocycles. The molecule has 23 heavy (non-hydrogen) atoms. The minimum absolute atomic E-state index is 0.0314. The molecule has 0 bridgehead atoms. The molecule has 0 radical (unpaired) electrons. The highest BCUT2D eigenvalue weighted by Gasteiger charge is 2.11. The molecule has 0 aromatic heterocycles. The highest BCUT2D eigenvalue weighted by atomic mass is 35.5. The van der Waals surface area contributed by atoms with Gasteiger partial charge >= 0.3 is 0 Å². The fraction of sp³-hybridized carbons (Fsp3) is 0.412. The predicted octanol–water partition coefficient (Wildman–Crippen LogP) is 2.93. The summed E-state index contributed by atoms with van der Waals surface area (Å²) < 4.78 is 0. The van der Waals surface area contributed by atoms with Crippen LogP contribution in [0.25, 0.3) is 0 Å². The second kappa shape index (κ2) is 9.88. The first-order chi connectivity index (χ1) is 11.0. The lowest BCUT2D eigenvalue weighted by molar-refractivity contribution is -0.112. The first kappa shape index (κ1) is 19.0. The first-order valence-electron chi connectivity index (χ1n) is 7.65. The Labute approximate surface area is 142 Å². The lowest BCUT2D eigenvalue weighted by Gasteiger charge is -2.17. The molecule has 0 atom stereocenters. The molecule has 5 nitrogen and oxygen atoms in total. The van der Waals surface area contributed by atoms with E-state index in [-0.39, 0.29) is 5.57 Å². The van der Waals surface area contributed by atoms with Crippen molar-refractivity contribution in [3.05, 3.63) is 40.6 Å². The van der Waals surface area contributed by atoms with E-state index in [9.17, 15) is 4.79 Å². The van der Waals surface area contributed by atoms with Crippen molar-refractivity contribution < 1.29 is 4.79 Å². The molecule has 1 rings (SSSR count). The van der Waals surface area contributed by atoms with Crippen molar-refractivity contribution in [3.8, 4) is 6.07 Å². The molecule has 1 aromatic carbocycles. The van der Waals surface area contributed by atoms with Gasteiger partial charge in [0.15, 0.2) is 0 Å². The fourth-order valence-electron chi connectivity index (χ4n) is 2.00. The largest absolute Gasteiger partial charge is 0.388 e. The van der Waals surface area contributed by atoms with E-state index in [1.54, 1.807) is 12.1 Å². The van der Waals surface area contributed by atoms with Gasteiger partial charge in [-0.25, -0.2) is 0 Å². The van der Waals surface area contributed by atoms with Gasteiger partial charge in [0, 0.05) is 30.0 Å². The van der Waals surface area contributed by atoms with Crippen LogP contribution in [0.5, 0.6) is 0 Å². The zero-order valence-corrected chi connectivity index (χ0v) is 14.6. The molecule has 6 heteroatoms. The fourth-order valence-corrected chi connectivity index (χ4v) is 2.18. The summed E-state index contributed by atoms with van der Waals surface area (Å²) in [7, 11) is 0. The van der Waals surface area contributed by atoms with Crippen LogP contribution in [-0.2, 0) is 4.79 Å². The highest BCUT2D eigenvalue weighted by Crippen LogP contribution is 2.20. The number of anilines is 1. The zero-order valence-electron chi connectivity index (χ0n) is 13.8. The molecule has 2 N–H and O–H groups in total. The van der Waals surface area contributed by atoms with Crippen LogP contribution < -0.4 is 10.6 Å². The van der Waals surface area contributed by atoms with Crippen molar-refractivity contribution in [3.63, 3.8) is 0 Å². The smallest absolute Gasteiger partial charge is 0.267 e. The van der Waals surface area contributed by atoms with Crippen LogP contribution in [0.2, 0.25) is 5.02 Å². The number of carbonyl (C=O) groups is 1. The Bertz CT molecular complexity index is 603. The maximum atomic E-state index is 12.2. The molecule has 0 fully saturated rings. The number of amides is 1.